The highest BCUT2D eigenvalue weighted by Crippen LogP contribution is 2.19. The Labute approximate surface area is 162 Å². The lowest BCUT2D eigenvalue weighted by molar-refractivity contribution is -0.131. The van der Waals surface area contributed by atoms with Crippen LogP contribution in [0.1, 0.15) is 32.1 Å². The lowest BCUT2D eigenvalue weighted by atomic mass is 10.0. The van der Waals surface area contributed by atoms with E-state index in [4.69, 9.17) is 20.8 Å². The van der Waals surface area contributed by atoms with Crippen molar-refractivity contribution in [3.05, 3.63) is 35.2 Å². The molecule has 1 aliphatic rings. The third kappa shape index (κ3) is 4.98. The highest BCUT2D eigenvalue weighted by molar-refractivity contribution is 7.91. The standard InChI is InChI=1S/C17H20ClN3O5S/c1-12-4-2-3-9-21(12)16(22)11-27(23,24)17-20-19-15(26-17)10-25-14-7-5-13(18)6-8-14/h5-8,12H,2-4,9-11H2,1H3. The molecule has 0 saturated carbocycles. The van der Waals surface area contributed by atoms with Crippen LogP contribution < -0.4 is 4.74 Å². The lowest BCUT2D eigenvalue weighted by Gasteiger charge is -2.33. The highest BCUT2D eigenvalue weighted by atomic mass is 35.5. The van der Waals surface area contributed by atoms with Crippen molar-refractivity contribution in [1.29, 1.82) is 0 Å². The molecule has 1 unspecified atom stereocenters. The van der Waals surface area contributed by atoms with Crippen LogP contribution in [0.5, 0.6) is 5.75 Å². The van der Waals surface area contributed by atoms with Crippen LogP contribution in [0.4, 0.5) is 0 Å². The fraction of sp³-hybridized carbons (Fsp3) is 0.471. The fourth-order valence-electron chi connectivity index (χ4n) is 2.87. The molecule has 146 valence electrons. The number of rotatable bonds is 6. The number of aromatic nitrogens is 2. The molecule has 1 aromatic carbocycles. The number of likely N-dealkylation sites (tertiary alicyclic amines) is 1. The summed E-state index contributed by atoms with van der Waals surface area (Å²) in [5.74, 6) is -0.602. The van der Waals surface area contributed by atoms with Gasteiger partial charge in [0.15, 0.2) is 6.61 Å². The molecule has 0 bridgehead atoms. The molecule has 1 aliphatic heterocycles. The Balaban J connectivity index is 1.61. The van der Waals surface area contributed by atoms with E-state index in [1.807, 2.05) is 6.92 Å². The van der Waals surface area contributed by atoms with Crippen LogP contribution in [0.3, 0.4) is 0 Å². The van der Waals surface area contributed by atoms with E-state index in [1.54, 1.807) is 29.2 Å². The first-order valence-corrected chi connectivity index (χ1v) is 10.6. The van der Waals surface area contributed by atoms with Crippen LogP contribution in [0.2, 0.25) is 5.02 Å². The quantitative estimate of drug-likeness (QED) is 0.716. The van der Waals surface area contributed by atoms with E-state index in [0.29, 0.717) is 17.3 Å². The van der Waals surface area contributed by atoms with Gasteiger partial charge in [-0.05, 0) is 50.5 Å². The molecule has 2 aromatic rings. The second kappa shape index (κ2) is 8.26. The van der Waals surface area contributed by atoms with Crippen molar-refractivity contribution in [2.75, 3.05) is 12.3 Å². The Morgan fingerprint density at radius 3 is 2.74 bits per heavy atom. The topological polar surface area (TPSA) is 103 Å². The monoisotopic (exact) mass is 413 g/mol. The van der Waals surface area contributed by atoms with Gasteiger partial charge in [0.25, 0.3) is 5.89 Å². The molecular formula is C17H20ClN3O5S. The zero-order valence-electron chi connectivity index (χ0n) is 14.8. The Morgan fingerprint density at radius 1 is 1.30 bits per heavy atom. The van der Waals surface area contributed by atoms with Crippen molar-refractivity contribution < 1.29 is 22.4 Å². The first kappa shape index (κ1) is 19.6. The number of hydrogen-bond donors (Lipinski definition) is 0. The first-order chi connectivity index (χ1) is 12.8. The van der Waals surface area contributed by atoms with E-state index in [9.17, 15) is 13.2 Å². The molecular weight excluding hydrogens is 394 g/mol. The highest BCUT2D eigenvalue weighted by Gasteiger charge is 2.31. The Kier molecular flexibility index (Phi) is 6.01. The molecule has 0 aliphatic carbocycles. The summed E-state index contributed by atoms with van der Waals surface area (Å²) in [7, 11) is -4.00. The molecule has 0 radical (unpaired) electrons. The SMILES string of the molecule is CC1CCCCN1C(=O)CS(=O)(=O)c1nnc(COc2ccc(Cl)cc2)o1. The maximum Gasteiger partial charge on any atom is 0.336 e. The second-order valence-corrected chi connectivity index (χ2v) is 8.70. The molecule has 2 heterocycles. The van der Waals surface area contributed by atoms with Gasteiger partial charge in [-0.3, -0.25) is 4.79 Å². The van der Waals surface area contributed by atoms with Crippen LogP contribution in [-0.2, 0) is 21.2 Å². The molecule has 1 fully saturated rings. The second-order valence-electron chi connectivity index (χ2n) is 6.40. The summed E-state index contributed by atoms with van der Waals surface area (Å²) < 4.78 is 35.5. The summed E-state index contributed by atoms with van der Waals surface area (Å²) in [6.07, 6.45) is 2.79. The lowest BCUT2D eigenvalue weighted by Crippen LogP contribution is -2.44. The number of sulfone groups is 1. The fourth-order valence-corrected chi connectivity index (χ4v) is 4.00. The molecule has 1 atom stereocenters. The number of piperidine rings is 1. The minimum atomic E-state index is -4.00. The van der Waals surface area contributed by atoms with Crippen LogP contribution in [0, 0.1) is 0 Å². The van der Waals surface area contributed by atoms with E-state index in [2.05, 4.69) is 10.2 Å². The Morgan fingerprint density at radius 2 is 2.04 bits per heavy atom. The van der Waals surface area contributed by atoms with E-state index in [-0.39, 0.29) is 18.5 Å². The summed E-state index contributed by atoms with van der Waals surface area (Å²) in [6.45, 7) is 2.39. The van der Waals surface area contributed by atoms with Crippen molar-refractivity contribution in [3.63, 3.8) is 0 Å². The van der Waals surface area contributed by atoms with Gasteiger partial charge in [-0.1, -0.05) is 16.7 Å². The molecule has 1 saturated heterocycles. The van der Waals surface area contributed by atoms with Gasteiger partial charge in [0.1, 0.15) is 11.5 Å². The van der Waals surface area contributed by atoms with Gasteiger partial charge in [-0.15, -0.1) is 5.10 Å². The minimum Gasteiger partial charge on any atom is -0.484 e. The number of carbonyl (C=O) groups is 1. The molecule has 1 amide bonds. The number of nitrogens with zero attached hydrogens (tertiary/aromatic N) is 3. The molecule has 0 N–H and O–H groups in total. The van der Waals surface area contributed by atoms with Gasteiger partial charge in [0.2, 0.25) is 15.7 Å². The summed E-state index contributed by atoms with van der Waals surface area (Å²) in [5.41, 5.74) is 0. The van der Waals surface area contributed by atoms with Gasteiger partial charge >= 0.3 is 5.22 Å². The molecule has 8 nitrogen and oxygen atoms in total. The third-order valence-corrected chi connectivity index (χ3v) is 5.90. The zero-order valence-corrected chi connectivity index (χ0v) is 16.4. The van der Waals surface area contributed by atoms with Crippen LogP contribution in [0.25, 0.3) is 0 Å². The normalized spacial score (nSPS) is 17.7. The van der Waals surface area contributed by atoms with E-state index in [0.717, 1.165) is 19.3 Å². The van der Waals surface area contributed by atoms with Crippen molar-refractivity contribution in [2.45, 2.75) is 44.1 Å². The Bertz CT molecular complexity index is 898. The maximum absolute atomic E-state index is 12.4. The summed E-state index contributed by atoms with van der Waals surface area (Å²) >= 11 is 5.79. The van der Waals surface area contributed by atoms with Gasteiger partial charge in [0.05, 0.1) is 0 Å². The molecule has 1 aromatic heterocycles. The van der Waals surface area contributed by atoms with Crippen LogP contribution >= 0.6 is 11.6 Å². The van der Waals surface area contributed by atoms with E-state index in [1.165, 1.54) is 0 Å². The zero-order chi connectivity index (χ0) is 19.4. The predicted octanol–water partition coefficient (Wildman–Crippen LogP) is 2.48. The summed E-state index contributed by atoms with van der Waals surface area (Å²) in [6, 6.07) is 6.68. The summed E-state index contributed by atoms with van der Waals surface area (Å²) in [4.78, 5) is 14.0. The Hall–Kier alpha value is -2.13. The van der Waals surface area contributed by atoms with E-state index < -0.39 is 26.7 Å². The number of halogens is 1. The molecule has 0 spiro atoms. The molecule has 3 rings (SSSR count). The van der Waals surface area contributed by atoms with Gasteiger partial charge in [-0.25, -0.2) is 8.42 Å². The van der Waals surface area contributed by atoms with Crippen molar-refractivity contribution >= 4 is 27.3 Å². The van der Waals surface area contributed by atoms with Crippen LogP contribution in [0.15, 0.2) is 33.9 Å². The number of hydrogen-bond acceptors (Lipinski definition) is 7. The van der Waals surface area contributed by atoms with Gasteiger partial charge in [0, 0.05) is 17.6 Å². The number of benzene rings is 1. The first-order valence-electron chi connectivity index (χ1n) is 8.58. The van der Waals surface area contributed by atoms with Crippen molar-refractivity contribution in [2.24, 2.45) is 0 Å². The van der Waals surface area contributed by atoms with Crippen molar-refractivity contribution in [3.8, 4) is 5.75 Å². The number of ether oxygens (including phenoxy) is 1. The minimum absolute atomic E-state index is 0.00214. The smallest absolute Gasteiger partial charge is 0.336 e. The molecule has 27 heavy (non-hydrogen) atoms. The average Bonchev–Trinajstić information content (AvgIpc) is 3.11. The number of amides is 1. The summed E-state index contributed by atoms with van der Waals surface area (Å²) in [5, 5.41) is 7.23. The van der Waals surface area contributed by atoms with Gasteiger partial charge in [-0.2, -0.15) is 0 Å². The average molecular weight is 414 g/mol. The van der Waals surface area contributed by atoms with Crippen LogP contribution in [-0.4, -0.2) is 47.8 Å². The predicted molar refractivity (Wildman–Crippen MR) is 97.2 cm³/mol. The molecule has 10 heteroatoms. The van der Waals surface area contributed by atoms with Gasteiger partial charge < -0.3 is 14.1 Å². The largest absolute Gasteiger partial charge is 0.484 e. The van der Waals surface area contributed by atoms with Crippen molar-refractivity contribution in [1.82, 2.24) is 15.1 Å². The third-order valence-electron chi connectivity index (χ3n) is 4.33. The van der Waals surface area contributed by atoms with E-state index >= 15 is 0 Å². The maximum atomic E-state index is 12.4. The number of carbonyl (C=O) groups excluding carboxylic acids is 1.